The van der Waals surface area contributed by atoms with Gasteiger partial charge in [0.1, 0.15) is 12.4 Å². The van der Waals surface area contributed by atoms with Crippen LogP contribution in [0.4, 0.5) is 11.4 Å². The first-order valence-corrected chi connectivity index (χ1v) is 11.4. The predicted octanol–water partition coefficient (Wildman–Crippen LogP) is 0.0364. The van der Waals surface area contributed by atoms with E-state index in [-0.39, 0.29) is 13.2 Å². The summed E-state index contributed by atoms with van der Waals surface area (Å²) in [5.41, 5.74) is 8.05. The van der Waals surface area contributed by atoms with Crippen LogP contribution in [0.5, 0.6) is 0 Å². The molecule has 2 aliphatic rings. The second-order valence-electron chi connectivity index (χ2n) is 8.68. The number of nitrogens with one attached hydrogen (secondary N) is 1. The highest BCUT2D eigenvalue weighted by atomic mass is 16.5. The fraction of sp³-hybridized carbons (Fsp3) is 0.240. The van der Waals surface area contributed by atoms with Crippen LogP contribution in [0, 0.1) is 0 Å². The van der Waals surface area contributed by atoms with E-state index in [1.54, 1.807) is 36.4 Å². The van der Waals surface area contributed by atoms with Gasteiger partial charge in [0, 0.05) is 29.5 Å². The third-order valence-corrected chi connectivity index (χ3v) is 6.33. The SMILES string of the molecule is NC1=NCc2cc(NC(=O)[C@H](O)[C@H]3OCCN(c4ccc5ccc(=O)n(CC(=O)O)c5c4)C3=O)ccc21. The van der Waals surface area contributed by atoms with Crippen molar-refractivity contribution in [3.8, 4) is 0 Å². The summed E-state index contributed by atoms with van der Waals surface area (Å²) < 4.78 is 6.56. The summed E-state index contributed by atoms with van der Waals surface area (Å²) in [6, 6.07) is 12.7. The molecule has 2 amide bonds. The second kappa shape index (κ2) is 9.48. The van der Waals surface area contributed by atoms with Crippen LogP contribution < -0.4 is 21.5 Å². The Labute approximate surface area is 209 Å². The largest absolute Gasteiger partial charge is 0.480 e. The minimum Gasteiger partial charge on any atom is -0.480 e. The molecule has 37 heavy (non-hydrogen) atoms. The fourth-order valence-electron chi connectivity index (χ4n) is 4.49. The lowest BCUT2D eigenvalue weighted by Gasteiger charge is -2.34. The van der Waals surface area contributed by atoms with E-state index in [4.69, 9.17) is 10.5 Å². The molecule has 12 nitrogen and oxygen atoms in total. The average molecular weight is 505 g/mol. The number of anilines is 2. The highest BCUT2D eigenvalue weighted by Gasteiger charge is 2.39. The average Bonchev–Trinajstić information content (AvgIpc) is 3.25. The molecule has 12 heteroatoms. The number of carboxylic acid groups (broad SMARTS) is 1. The normalized spacial score (nSPS) is 17.9. The molecule has 1 fully saturated rings. The number of ether oxygens (including phenoxy) is 1. The van der Waals surface area contributed by atoms with Gasteiger partial charge in [-0.25, -0.2) is 0 Å². The molecule has 3 aromatic rings. The maximum Gasteiger partial charge on any atom is 0.323 e. The number of aliphatic carboxylic acids is 1. The topological polar surface area (TPSA) is 177 Å². The number of amidine groups is 1. The van der Waals surface area contributed by atoms with Crippen molar-refractivity contribution in [1.82, 2.24) is 4.57 Å². The number of aliphatic hydroxyl groups excluding tert-OH is 1. The number of carbonyl (C=O) groups excluding carboxylic acids is 2. The van der Waals surface area contributed by atoms with Crippen LogP contribution in [0.3, 0.4) is 0 Å². The van der Waals surface area contributed by atoms with E-state index < -0.39 is 42.1 Å². The molecule has 1 saturated heterocycles. The number of nitrogens with zero attached hydrogens (tertiary/aromatic N) is 3. The Morgan fingerprint density at radius 2 is 1.95 bits per heavy atom. The van der Waals surface area contributed by atoms with Gasteiger partial charge in [0.05, 0.1) is 18.7 Å². The van der Waals surface area contributed by atoms with E-state index in [0.29, 0.717) is 34.7 Å². The number of benzene rings is 2. The Hall–Kier alpha value is -4.55. The zero-order chi connectivity index (χ0) is 26.3. The van der Waals surface area contributed by atoms with Gasteiger partial charge in [-0.15, -0.1) is 0 Å². The monoisotopic (exact) mass is 505 g/mol. The van der Waals surface area contributed by atoms with Gasteiger partial charge in [-0.2, -0.15) is 0 Å². The van der Waals surface area contributed by atoms with Crippen molar-refractivity contribution in [2.45, 2.75) is 25.3 Å². The number of aromatic nitrogens is 1. The molecule has 2 aromatic carbocycles. The Kier molecular flexibility index (Phi) is 6.19. The number of hydrogen-bond acceptors (Lipinski definition) is 8. The molecule has 2 aliphatic heterocycles. The van der Waals surface area contributed by atoms with Gasteiger partial charge in [-0.3, -0.25) is 28.7 Å². The van der Waals surface area contributed by atoms with Crippen molar-refractivity contribution in [2.75, 3.05) is 23.4 Å². The summed E-state index contributed by atoms with van der Waals surface area (Å²) >= 11 is 0. The number of aliphatic hydroxyl groups is 1. The van der Waals surface area contributed by atoms with E-state index in [1.807, 2.05) is 0 Å². The van der Waals surface area contributed by atoms with Gasteiger partial charge in [0.25, 0.3) is 17.4 Å². The number of fused-ring (bicyclic) bond motifs is 2. The second-order valence-corrected chi connectivity index (χ2v) is 8.68. The third-order valence-electron chi connectivity index (χ3n) is 6.33. The van der Waals surface area contributed by atoms with Crippen LogP contribution in [0.2, 0.25) is 0 Å². The highest BCUT2D eigenvalue weighted by Crippen LogP contribution is 2.26. The third kappa shape index (κ3) is 4.55. The lowest BCUT2D eigenvalue weighted by molar-refractivity contribution is -0.150. The van der Waals surface area contributed by atoms with Crippen molar-refractivity contribution >= 4 is 45.9 Å². The van der Waals surface area contributed by atoms with Crippen molar-refractivity contribution < 1.29 is 29.3 Å². The molecule has 0 aliphatic carbocycles. The molecule has 5 rings (SSSR count). The van der Waals surface area contributed by atoms with Crippen LogP contribution >= 0.6 is 0 Å². The van der Waals surface area contributed by atoms with Gasteiger partial charge in [0.2, 0.25) is 0 Å². The minimum absolute atomic E-state index is 0.0466. The number of morpholine rings is 1. The lowest BCUT2D eigenvalue weighted by atomic mass is 10.1. The van der Waals surface area contributed by atoms with Crippen LogP contribution in [-0.2, 0) is 32.2 Å². The highest BCUT2D eigenvalue weighted by molar-refractivity contribution is 6.05. The first-order valence-electron chi connectivity index (χ1n) is 11.4. The van der Waals surface area contributed by atoms with E-state index in [1.165, 1.54) is 17.0 Å². The zero-order valence-electron chi connectivity index (χ0n) is 19.5. The van der Waals surface area contributed by atoms with Crippen LogP contribution in [0.1, 0.15) is 11.1 Å². The van der Waals surface area contributed by atoms with E-state index >= 15 is 0 Å². The molecule has 0 unspecified atom stereocenters. The number of pyridine rings is 1. The maximum atomic E-state index is 13.2. The van der Waals surface area contributed by atoms with Gasteiger partial charge < -0.3 is 30.9 Å². The van der Waals surface area contributed by atoms with E-state index in [2.05, 4.69) is 10.3 Å². The summed E-state index contributed by atoms with van der Waals surface area (Å²) in [4.78, 5) is 55.0. The molecule has 3 heterocycles. The van der Waals surface area contributed by atoms with Crippen molar-refractivity contribution in [2.24, 2.45) is 10.7 Å². The number of amides is 2. The Bertz CT molecular complexity index is 1530. The number of nitrogens with two attached hydrogens (primary N) is 1. The zero-order valence-corrected chi connectivity index (χ0v) is 19.5. The molecule has 1 aromatic heterocycles. The number of rotatable bonds is 6. The molecule has 0 spiro atoms. The van der Waals surface area contributed by atoms with Gasteiger partial charge in [0.15, 0.2) is 12.2 Å². The minimum atomic E-state index is -1.80. The molecule has 190 valence electrons. The number of aliphatic imine (C=N–C) groups is 1. The lowest BCUT2D eigenvalue weighted by Crippen LogP contribution is -2.55. The van der Waals surface area contributed by atoms with Crippen molar-refractivity contribution in [3.05, 3.63) is 70.0 Å². The summed E-state index contributed by atoms with van der Waals surface area (Å²) in [6.07, 6.45) is -3.26. The summed E-state index contributed by atoms with van der Waals surface area (Å²) in [7, 11) is 0. The van der Waals surface area contributed by atoms with Gasteiger partial charge in [-0.05, 0) is 47.3 Å². The number of hydrogen-bond donors (Lipinski definition) is 4. The van der Waals surface area contributed by atoms with E-state index in [9.17, 15) is 29.4 Å². The van der Waals surface area contributed by atoms with E-state index in [0.717, 1.165) is 15.7 Å². The molecule has 2 atom stereocenters. The quantitative estimate of drug-likeness (QED) is 0.363. The molecular weight excluding hydrogens is 482 g/mol. The summed E-state index contributed by atoms with van der Waals surface area (Å²) in [5.74, 6) is -2.23. The Morgan fingerprint density at radius 1 is 1.16 bits per heavy atom. The van der Waals surface area contributed by atoms with Crippen molar-refractivity contribution in [1.29, 1.82) is 0 Å². The van der Waals surface area contributed by atoms with Gasteiger partial charge in [-0.1, -0.05) is 6.07 Å². The predicted molar refractivity (Wildman–Crippen MR) is 133 cm³/mol. The molecular formula is C25H23N5O7. The Balaban J connectivity index is 1.36. The first-order chi connectivity index (χ1) is 17.7. The van der Waals surface area contributed by atoms with Crippen LogP contribution in [0.25, 0.3) is 10.9 Å². The molecule has 0 radical (unpaired) electrons. The fourth-order valence-corrected chi connectivity index (χ4v) is 4.49. The number of carboxylic acids is 1. The van der Waals surface area contributed by atoms with Crippen LogP contribution in [-0.4, -0.2) is 63.8 Å². The first kappa shape index (κ1) is 24.2. The summed E-state index contributed by atoms with van der Waals surface area (Å²) in [6.45, 7) is 0.0284. The van der Waals surface area contributed by atoms with Crippen LogP contribution in [0.15, 0.2) is 58.3 Å². The smallest absolute Gasteiger partial charge is 0.323 e. The maximum absolute atomic E-state index is 13.2. The number of carbonyl (C=O) groups is 3. The molecule has 0 bridgehead atoms. The molecule has 0 saturated carbocycles. The molecule has 5 N–H and O–H groups in total. The Morgan fingerprint density at radius 3 is 2.73 bits per heavy atom. The van der Waals surface area contributed by atoms with Crippen molar-refractivity contribution in [3.63, 3.8) is 0 Å². The summed E-state index contributed by atoms with van der Waals surface area (Å²) in [5, 5.41) is 23.1. The van der Waals surface area contributed by atoms with Gasteiger partial charge >= 0.3 is 5.97 Å². The standard InChI is InChI=1S/C25H23N5O7/c26-23-17-5-3-15(9-14(17)11-27-23)28-24(35)21(34)22-25(36)29(7-8-37-22)16-4-1-13-2-6-19(31)30(12-20(32)33)18(13)10-16/h1-6,9-10,21-22,34H,7-8,11-12H2,(H2,26,27)(H,28,35)(H,32,33)/t21-,22-/m1/s1.